The third kappa shape index (κ3) is 3.12. The van der Waals surface area contributed by atoms with Gasteiger partial charge in [0.25, 0.3) is 0 Å². The molecule has 0 atom stereocenters. The highest BCUT2D eigenvalue weighted by Gasteiger charge is 2.32. The average Bonchev–Trinajstić information content (AvgIpc) is 2.53. The second kappa shape index (κ2) is 7.28. The molecule has 0 aliphatic carbocycles. The molecule has 0 unspecified atom stereocenters. The first-order valence-electron chi connectivity index (χ1n) is 7.94. The first-order chi connectivity index (χ1) is 9.83. The van der Waals surface area contributed by atoms with Gasteiger partial charge in [-0.2, -0.15) is 0 Å². The smallest absolute Gasteiger partial charge is 0.0202 e. The summed E-state index contributed by atoms with van der Waals surface area (Å²) in [5.74, 6) is 0. The summed E-state index contributed by atoms with van der Waals surface area (Å²) in [6.45, 7) is 4.58. The molecule has 2 aromatic rings. The number of unbranched alkanes of at least 4 members (excludes halogenated alkanes) is 1. The Hall–Kier alpha value is -1.56. The van der Waals surface area contributed by atoms with E-state index in [0.717, 1.165) is 0 Å². The van der Waals surface area contributed by atoms with Crippen LogP contribution in [-0.2, 0) is 5.41 Å². The summed E-state index contributed by atoms with van der Waals surface area (Å²) >= 11 is 0. The molecule has 0 saturated carbocycles. The Bertz CT molecular complexity index is 444. The van der Waals surface area contributed by atoms with Crippen molar-refractivity contribution in [2.75, 3.05) is 0 Å². The second-order valence-corrected chi connectivity index (χ2v) is 5.67. The van der Waals surface area contributed by atoms with Crippen molar-refractivity contribution in [2.45, 2.75) is 51.4 Å². The van der Waals surface area contributed by atoms with E-state index in [2.05, 4.69) is 74.5 Å². The molecule has 0 heteroatoms. The summed E-state index contributed by atoms with van der Waals surface area (Å²) in [6.07, 6.45) is 6.22. The van der Waals surface area contributed by atoms with Crippen LogP contribution in [0.15, 0.2) is 60.7 Å². The largest absolute Gasteiger partial charge is 0.0654 e. The van der Waals surface area contributed by atoms with Gasteiger partial charge < -0.3 is 0 Å². The van der Waals surface area contributed by atoms with Crippen LogP contribution in [0.3, 0.4) is 0 Å². The molecule has 106 valence electrons. The molecule has 0 aliphatic heterocycles. The molecule has 0 heterocycles. The fraction of sp³-hybridized carbons (Fsp3) is 0.400. The van der Waals surface area contributed by atoms with E-state index >= 15 is 0 Å². The lowest BCUT2D eigenvalue weighted by Crippen LogP contribution is -2.27. The highest BCUT2D eigenvalue weighted by Crippen LogP contribution is 2.41. The van der Waals surface area contributed by atoms with E-state index < -0.39 is 0 Å². The van der Waals surface area contributed by atoms with Crippen LogP contribution in [0.1, 0.15) is 57.1 Å². The fourth-order valence-electron chi connectivity index (χ4n) is 3.29. The molecule has 0 aliphatic rings. The average molecular weight is 266 g/mol. The predicted octanol–water partition coefficient (Wildman–Crippen LogP) is 5.96. The molecular formula is C20H26. The molecule has 2 aromatic carbocycles. The lowest BCUT2D eigenvalue weighted by atomic mass is 9.68. The van der Waals surface area contributed by atoms with E-state index in [1.165, 1.54) is 43.2 Å². The van der Waals surface area contributed by atoms with Crippen molar-refractivity contribution in [3.8, 4) is 0 Å². The van der Waals surface area contributed by atoms with Crippen molar-refractivity contribution in [3.63, 3.8) is 0 Å². The van der Waals surface area contributed by atoms with Crippen LogP contribution in [0.2, 0.25) is 0 Å². The maximum absolute atomic E-state index is 2.30. The summed E-state index contributed by atoms with van der Waals surface area (Å²) in [4.78, 5) is 0. The van der Waals surface area contributed by atoms with Crippen molar-refractivity contribution in [1.82, 2.24) is 0 Å². The van der Waals surface area contributed by atoms with Gasteiger partial charge >= 0.3 is 0 Å². The molecule has 0 aromatic heterocycles. The van der Waals surface area contributed by atoms with Crippen LogP contribution in [0, 0.1) is 0 Å². The lowest BCUT2D eigenvalue weighted by molar-refractivity contribution is 0.415. The predicted molar refractivity (Wildman–Crippen MR) is 88.1 cm³/mol. The summed E-state index contributed by atoms with van der Waals surface area (Å²) < 4.78 is 0. The van der Waals surface area contributed by atoms with Crippen molar-refractivity contribution in [1.29, 1.82) is 0 Å². The zero-order valence-corrected chi connectivity index (χ0v) is 12.8. The van der Waals surface area contributed by atoms with Gasteiger partial charge in [0.05, 0.1) is 0 Å². The standard InChI is InChI=1S/C20H26/c1-3-5-17-20(16-4-2,18-12-8-6-9-13-18)19-14-10-7-11-15-19/h6-15H,3-5,16-17H2,1-2H3. The van der Waals surface area contributed by atoms with E-state index in [9.17, 15) is 0 Å². The number of hydrogen-bond acceptors (Lipinski definition) is 0. The van der Waals surface area contributed by atoms with Crippen LogP contribution in [0.25, 0.3) is 0 Å². The first kappa shape index (κ1) is 14.8. The van der Waals surface area contributed by atoms with Crippen molar-refractivity contribution in [3.05, 3.63) is 71.8 Å². The Morgan fingerprint density at radius 1 is 0.650 bits per heavy atom. The Balaban J connectivity index is 2.50. The molecule has 0 nitrogen and oxygen atoms in total. The van der Waals surface area contributed by atoms with E-state index in [4.69, 9.17) is 0 Å². The molecule has 20 heavy (non-hydrogen) atoms. The molecule has 0 fully saturated rings. The maximum Gasteiger partial charge on any atom is 0.0202 e. The van der Waals surface area contributed by atoms with Gasteiger partial charge in [-0.1, -0.05) is 93.8 Å². The Morgan fingerprint density at radius 2 is 1.15 bits per heavy atom. The number of benzene rings is 2. The topological polar surface area (TPSA) is 0 Å². The highest BCUT2D eigenvalue weighted by molar-refractivity contribution is 5.39. The van der Waals surface area contributed by atoms with Crippen molar-refractivity contribution < 1.29 is 0 Å². The van der Waals surface area contributed by atoms with Gasteiger partial charge in [-0.25, -0.2) is 0 Å². The van der Waals surface area contributed by atoms with Gasteiger partial charge in [0.15, 0.2) is 0 Å². The Morgan fingerprint density at radius 3 is 1.55 bits per heavy atom. The Kier molecular flexibility index (Phi) is 5.40. The summed E-state index contributed by atoms with van der Waals surface area (Å²) in [5, 5.41) is 0. The van der Waals surface area contributed by atoms with Crippen LogP contribution >= 0.6 is 0 Å². The first-order valence-corrected chi connectivity index (χ1v) is 7.94. The van der Waals surface area contributed by atoms with Crippen LogP contribution in [0.5, 0.6) is 0 Å². The fourth-order valence-corrected chi connectivity index (χ4v) is 3.29. The molecule has 0 spiro atoms. The lowest BCUT2D eigenvalue weighted by Gasteiger charge is -2.35. The van der Waals surface area contributed by atoms with E-state index in [-0.39, 0.29) is 5.41 Å². The minimum absolute atomic E-state index is 0.188. The van der Waals surface area contributed by atoms with Crippen LogP contribution in [-0.4, -0.2) is 0 Å². The monoisotopic (exact) mass is 266 g/mol. The molecule has 0 radical (unpaired) electrons. The molecule has 0 N–H and O–H groups in total. The van der Waals surface area contributed by atoms with Gasteiger partial charge in [-0.15, -0.1) is 0 Å². The normalized spacial score (nSPS) is 11.5. The summed E-state index contributed by atoms with van der Waals surface area (Å²) in [5.41, 5.74) is 3.14. The molecule has 0 amide bonds. The summed E-state index contributed by atoms with van der Waals surface area (Å²) in [7, 11) is 0. The second-order valence-electron chi connectivity index (χ2n) is 5.67. The van der Waals surface area contributed by atoms with E-state index in [1.807, 2.05) is 0 Å². The molecule has 0 saturated heterocycles. The quantitative estimate of drug-likeness (QED) is 0.579. The Labute approximate surface area is 123 Å². The van der Waals surface area contributed by atoms with Crippen molar-refractivity contribution >= 4 is 0 Å². The van der Waals surface area contributed by atoms with Gasteiger partial charge in [0.2, 0.25) is 0 Å². The van der Waals surface area contributed by atoms with Gasteiger partial charge in [0, 0.05) is 5.41 Å². The van der Waals surface area contributed by atoms with E-state index in [0.29, 0.717) is 0 Å². The van der Waals surface area contributed by atoms with Crippen LogP contribution in [0.4, 0.5) is 0 Å². The molecule has 2 rings (SSSR count). The van der Waals surface area contributed by atoms with Gasteiger partial charge in [0.1, 0.15) is 0 Å². The third-order valence-electron chi connectivity index (χ3n) is 4.29. The minimum Gasteiger partial charge on any atom is -0.0654 e. The summed E-state index contributed by atoms with van der Waals surface area (Å²) in [6, 6.07) is 22.1. The zero-order valence-electron chi connectivity index (χ0n) is 12.8. The van der Waals surface area contributed by atoms with Crippen LogP contribution < -0.4 is 0 Å². The van der Waals surface area contributed by atoms with Crippen molar-refractivity contribution in [2.24, 2.45) is 0 Å². The number of hydrogen-bond donors (Lipinski definition) is 0. The number of rotatable bonds is 7. The third-order valence-corrected chi connectivity index (χ3v) is 4.29. The minimum atomic E-state index is 0.188. The van der Waals surface area contributed by atoms with Gasteiger partial charge in [-0.3, -0.25) is 0 Å². The zero-order chi connectivity index (χ0) is 14.3. The van der Waals surface area contributed by atoms with Gasteiger partial charge in [-0.05, 0) is 24.0 Å². The molecular weight excluding hydrogens is 240 g/mol. The van der Waals surface area contributed by atoms with E-state index in [1.54, 1.807) is 0 Å². The SMILES string of the molecule is CCCCC(CCC)(c1ccccc1)c1ccccc1. The maximum atomic E-state index is 2.30. The molecule has 0 bridgehead atoms. The highest BCUT2D eigenvalue weighted by atomic mass is 14.4.